The van der Waals surface area contributed by atoms with Gasteiger partial charge in [-0.3, -0.25) is 19.6 Å². The third-order valence-electron chi connectivity index (χ3n) is 4.48. The maximum absolute atomic E-state index is 13.2. The molecule has 0 fully saturated rings. The maximum Gasteiger partial charge on any atom is 0.311 e. The Hall–Kier alpha value is -3.11. The molecule has 0 unspecified atom stereocenters. The summed E-state index contributed by atoms with van der Waals surface area (Å²) in [6.07, 6.45) is 0.0709. The Morgan fingerprint density at radius 2 is 2.03 bits per heavy atom. The first-order chi connectivity index (χ1) is 14.9. The molecule has 7 nitrogen and oxygen atoms in total. The summed E-state index contributed by atoms with van der Waals surface area (Å²) in [5.74, 6) is -0.907. The molecular formula is C21H19FN4O3S2. The van der Waals surface area contributed by atoms with E-state index < -0.39 is 0 Å². The van der Waals surface area contributed by atoms with Crippen LogP contribution in [0.5, 0.6) is 0 Å². The van der Waals surface area contributed by atoms with Crippen LogP contribution in [0.15, 0.2) is 35.7 Å². The number of rotatable bonds is 7. The van der Waals surface area contributed by atoms with Crippen LogP contribution in [-0.2, 0) is 22.5 Å². The van der Waals surface area contributed by atoms with Crippen LogP contribution in [0.25, 0.3) is 10.2 Å². The van der Waals surface area contributed by atoms with E-state index in [1.165, 1.54) is 34.8 Å². The molecule has 0 saturated heterocycles. The van der Waals surface area contributed by atoms with E-state index in [9.17, 15) is 14.0 Å². The lowest BCUT2D eigenvalue weighted by molar-refractivity contribution is -0.142. The fraction of sp³-hybridized carbons (Fsp3) is 0.238. The first-order valence-electron chi connectivity index (χ1n) is 9.55. The van der Waals surface area contributed by atoms with Gasteiger partial charge in [-0.05, 0) is 37.6 Å². The molecule has 1 N–H and O–H groups in total. The third-order valence-corrected chi connectivity index (χ3v) is 6.43. The van der Waals surface area contributed by atoms with Crippen molar-refractivity contribution in [2.45, 2.75) is 26.8 Å². The number of nitrogens with one attached hydrogen (secondary N) is 1. The number of anilines is 1. The number of carbonyl (C=O) groups excluding carboxylic acids is 2. The maximum atomic E-state index is 13.2. The zero-order valence-electron chi connectivity index (χ0n) is 16.8. The molecule has 160 valence electrons. The Balaban J connectivity index is 1.49. The molecule has 0 bridgehead atoms. The monoisotopic (exact) mass is 458 g/mol. The lowest BCUT2D eigenvalue weighted by Gasteiger charge is -2.03. The first kappa shape index (κ1) is 21.1. The smallest absolute Gasteiger partial charge is 0.311 e. The van der Waals surface area contributed by atoms with Gasteiger partial charge in [0.15, 0.2) is 5.13 Å². The number of nitrogens with zero attached hydrogens (tertiary/aromatic N) is 3. The minimum Gasteiger partial charge on any atom is -0.466 e. The second-order valence-electron chi connectivity index (χ2n) is 6.78. The number of esters is 1. The molecule has 3 aromatic heterocycles. The van der Waals surface area contributed by atoms with Gasteiger partial charge < -0.3 is 4.74 Å². The molecule has 0 spiro atoms. The summed E-state index contributed by atoms with van der Waals surface area (Å²) in [5.41, 5.74) is 2.29. The van der Waals surface area contributed by atoms with Crippen molar-refractivity contribution in [3.63, 3.8) is 0 Å². The van der Waals surface area contributed by atoms with E-state index in [1.807, 2.05) is 17.7 Å². The number of aryl methyl sites for hydroxylation is 1. The standard InChI is InChI=1S/C21H19FN4O3S2/c1-3-29-18(27)8-15-11-30-21(23-15)24-19(28)17-9-16-12(2)25-26(20(16)31-17)10-13-4-6-14(22)7-5-13/h4-7,9,11H,3,8,10H2,1-2H3,(H,23,24,28). The van der Waals surface area contributed by atoms with Crippen molar-refractivity contribution in [2.24, 2.45) is 0 Å². The highest BCUT2D eigenvalue weighted by atomic mass is 32.1. The number of thiophene rings is 1. The summed E-state index contributed by atoms with van der Waals surface area (Å²) >= 11 is 2.59. The van der Waals surface area contributed by atoms with Crippen LogP contribution in [0.4, 0.5) is 9.52 Å². The van der Waals surface area contributed by atoms with E-state index in [4.69, 9.17) is 4.74 Å². The van der Waals surface area contributed by atoms with Crippen LogP contribution >= 0.6 is 22.7 Å². The van der Waals surface area contributed by atoms with E-state index in [0.29, 0.717) is 28.9 Å². The van der Waals surface area contributed by atoms with Gasteiger partial charge in [-0.2, -0.15) is 5.10 Å². The Kier molecular flexibility index (Phi) is 6.10. The molecule has 10 heteroatoms. The van der Waals surface area contributed by atoms with Gasteiger partial charge in [-0.15, -0.1) is 22.7 Å². The molecule has 4 aromatic rings. The number of aromatic nitrogens is 3. The molecule has 0 aliphatic heterocycles. The van der Waals surface area contributed by atoms with Crippen LogP contribution in [-0.4, -0.2) is 33.2 Å². The van der Waals surface area contributed by atoms with E-state index in [2.05, 4.69) is 15.4 Å². The molecule has 0 aliphatic carbocycles. The van der Waals surface area contributed by atoms with Crippen LogP contribution in [0.3, 0.4) is 0 Å². The van der Waals surface area contributed by atoms with Crippen molar-refractivity contribution in [3.8, 4) is 0 Å². The van der Waals surface area contributed by atoms with E-state index in [0.717, 1.165) is 21.5 Å². The molecule has 0 radical (unpaired) electrons. The van der Waals surface area contributed by atoms with Crippen molar-refractivity contribution in [1.82, 2.24) is 14.8 Å². The Bertz CT molecular complexity index is 1240. The molecule has 0 saturated carbocycles. The fourth-order valence-corrected chi connectivity index (χ4v) is 4.82. The molecule has 1 aromatic carbocycles. The Labute approximate surface area is 185 Å². The number of thiazole rings is 1. The molecule has 0 atom stereocenters. The molecule has 31 heavy (non-hydrogen) atoms. The number of benzene rings is 1. The zero-order chi connectivity index (χ0) is 22.0. The summed E-state index contributed by atoms with van der Waals surface area (Å²) in [7, 11) is 0. The van der Waals surface area contributed by atoms with Gasteiger partial charge in [0.2, 0.25) is 0 Å². The number of fused-ring (bicyclic) bond motifs is 1. The van der Waals surface area contributed by atoms with Gasteiger partial charge in [-0.1, -0.05) is 12.1 Å². The lowest BCUT2D eigenvalue weighted by Crippen LogP contribution is -2.11. The average molecular weight is 459 g/mol. The van der Waals surface area contributed by atoms with Crippen LogP contribution in [0.1, 0.15) is 33.5 Å². The highest BCUT2D eigenvalue weighted by Crippen LogP contribution is 2.30. The topological polar surface area (TPSA) is 86.1 Å². The van der Waals surface area contributed by atoms with Crippen LogP contribution < -0.4 is 5.32 Å². The van der Waals surface area contributed by atoms with Gasteiger partial charge in [0.05, 0.1) is 35.8 Å². The van der Waals surface area contributed by atoms with E-state index in [-0.39, 0.29) is 24.1 Å². The fourth-order valence-electron chi connectivity index (χ4n) is 3.06. The van der Waals surface area contributed by atoms with E-state index in [1.54, 1.807) is 24.4 Å². The minimum absolute atomic E-state index is 0.0709. The zero-order valence-corrected chi connectivity index (χ0v) is 18.5. The van der Waals surface area contributed by atoms with Crippen LogP contribution in [0.2, 0.25) is 0 Å². The Morgan fingerprint density at radius 1 is 1.26 bits per heavy atom. The van der Waals surface area contributed by atoms with Crippen molar-refractivity contribution < 1.29 is 18.7 Å². The van der Waals surface area contributed by atoms with Gasteiger partial charge in [-0.25, -0.2) is 9.37 Å². The molecule has 0 aliphatic rings. The number of hydrogen-bond acceptors (Lipinski definition) is 7. The third kappa shape index (κ3) is 4.80. The van der Waals surface area contributed by atoms with Gasteiger partial charge >= 0.3 is 5.97 Å². The van der Waals surface area contributed by atoms with Gasteiger partial charge in [0, 0.05) is 10.8 Å². The highest BCUT2D eigenvalue weighted by molar-refractivity contribution is 7.20. The molecular weight excluding hydrogens is 439 g/mol. The summed E-state index contributed by atoms with van der Waals surface area (Å²) in [5, 5.41) is 10.4. The summed E-state index contributed by atoms with van der Waals surface area (Å²) < 4.78 is 19.9. The molecule has 4 rings (SSSR count). The highest BCUT2D eigenvalue weighted by Gasteiger charge is 2.18. The second-order valence-corrected chi connectivity index (χ2v) is 8.67. The molecule has 1 amide bonds. The normalized spacial score (nSPS) is 11.1. The van der Waals surface area contributed by atoms with Crippen molar-refractivity contribution in [3.05, 3.63) is 63.4 Å². The molecule has 3 heterocycles. The first-order valence-corrected chi connectivity index (χ1v) is 11.3. The summed E-state index contributed by atoms with van der Waals surface area (Å²) in [4.78, 5) is 30.0. The van der Waals surface area contributed by atoms with Crippen molar-refractivity contribution in [2.75, 3.05) is 11.9 Å². The Morgan fingerprint density at radius 3 is 2.77 bits per heavy atom. The number of hydrogen-bond donors (Lipinski definition) is 1. The number of ether oxygens (including phenoxy) is 1. The predicted molar refractivity (Wildman–Crippen MR) is 118 cm³/mol. The summed E-state index contributed by atoms with van der Waals surface area (Å²) in [6, 6.07) is 8.08. The van der Waals surface area contributed by atoms with Gasteiger partial charge in [0.1, 0.15) is 10.6 Å². The average Bonchev–Trinajstić information content (AvgIpc) is 3.42. The number of halogens is 1. The number of carbonyl (C=O) groups is 2. The predicted octanol–water partition coefficient (Wildman–Crippen LogP) is 4.41. The minimum atomic E-state index is -0.351. The quantitative estimate of drug-likeness (QED) is 0.415. The van der Waals surface area contributed by atoms with Crippen molar-refractivity contribution in [1.29, 1.82) is 0 Å². The van der Waals surface area contributed by atoms with Crippen LogP contribution in [0, 0.1) is 12.7 Å². The van der Waals surface area contributed by atoms with Crippen molar-refractivity contribution >= 4 is 49.9 Å². The van der Waals surface area contributed by atoms with E-state index >= 15 is 0 Å². The SMILES string of the molecule is CCOC(=O)Cc1csc(NC(=O)c2cc3c(C)nn(Cc4ccc(F)cc4)c3s2)n1. The number of amides is 1. The van der Waals surface area contributed by atoms with Gasteiger partial charge in [0.25, 0.3) is 5.91 Å². The second kappa shape index (κ2) is 8.94. The summed E-state index contributed by atoms with van der Waals surface area (Å²) in [6.45, 7) is 4.43. The largest absolute Gasteiger partial charge is 0.466 e. The lowest BCUT2D eigenvalue weighted by atomic mass is 10.2.